The van der Waals surface area contributed by atoms with Gasteiger partial charge in [-0.3, -0.25) is 0 Å². The van der Waals surface area contributed by atoms with Crippen LogP contribution in [0.4, 0.5) is 0 Å². The molecule has 0 saturated carbocycles. The number of hydrogen-bond acceptors (Lipinski definition) is 2. The highest BCUT2D eigenvalue weighted by Crippen LogP contribution is 2.19. The molecule has 2 heteroatoms. The number of nitrogens with one attached hydrogen (secondary N) is 1. The van der Waals surface area contributed by atoms with E-state index in [-0.39, 0.29) is 0 Å². The second-order valence-electron chi connectivity index (χ2n) is 2.50. The Kier molecular flexibility index (Phi) is 2.46. The molecule has 1 aromatic heterocycles. The van der Waals surface area contributed by atoms with Gasteiger partial charge < -0.3 is 5.32 Å². The fraction of sp³-hybridized carbons (Fsp3) is 0.500. The molecule has 0 amide bonds. The van der Waals surface area contributed by atoms with Gasteiger partial charge in [-0.1, -0.05) is 0 Å². The van der Waals surface area contributed by atoms with Crippen molar-refractivity contribution in [1.29, 1.82) is 0 Å². The highest BCUT2D eigenvalue weighted by molar-refractivity contribution is 7.10. The van der Waals surface area contributed by atoms with E-state index in [0.29, 0.717) is 0 Å². The van der Waals surface area contributed by atoms with E-state index in [2.05, 4.69) is 24.5 Å². The van der Waals surface area contributed by atoms with Crippen LogP contribution in [0.5, 0.6) is 0 Å². The minimum atomic E-state index is 1.00. The van der Waals surface area contributed by atoms with E-state index >= 15 is 0 Å². The van der Waals surface area contributed by atoms with Crippen molar-refractivity contribution in [2.45, 2.75) is 20.4 Å². The molecule has 0 aliphatic heterocycles. The van der Waals surface area contributed by atoms with E-state index in [0.717, 1.165) is 6.54 Å². The monoisotopic (exact) mass is 155 g/mol. The first-order valence-corrected chi connectivity index (χ1v) is 4.32. The number of rotatable bonds is 2. The zero-order chi connectivity index (χ0) is 7.56. The molecule has 1 rings (SSSR count). The van der Waals surface area contributed by atoms with Gasteiger partial charge in [0.25, 0.3) is 0 Å². The van der Waals surface area contributed by atoms with Crippen LogP contribution in [-0.2, 0) is 6.54 Å². The SMILES string of the molecule is CNCc1scc(C)c1C. The molecule has 0 aromatic carbocycles. The molecular weight excluding hydrogens is 142 g/mol. The summed E-state index contributed by atoms with van der Waals surface area (Å²) in [5, 5.41) is 5.36. The highest BCUT2D eigenvalue weighted by atomic mass is 32.1. The average Bonchev–Trinajstić information content (AvgIpc) is 2.20. The zero-order valence-corrected chi connectivity index (χ0v) is 7.51. The van der Waals surface area contributed by atoms with Gasteiger partial charge in [-0.15, -0.1) is 11.3 Å². The first-order chi connectivity index (χ1) is 4.75. The topological polar surface area (TPSA) is 12.0 Å². The Balaban J connectivity index is 2.83. The Morgan fingerprint density at radius 3 is 2.60 bits per heavy atom. The van der Waals surface area contributed by atoms with Crippen LogP contribution in [0.1, 0.15) is 16.0 Å². The molecular formula is C8H13NS. The van der Waals surface area contributed by atoms with Crippen molar-refractivity contribution in [2.75, 3.05) is 7.05 Å². The largest absolute Gasteiger partial charge is 0.315 e. The summed E-state index contributed by atoms with van der Waals surface area (Å²) in [5.41, 5.74) is 2.86. The van der Waals surface area contributed by atoms with Gasteiger partial charge in [0.15, 0.2) is 0 Å². The molecule has 0 bridgehead atoms. The lowest BCUT2D eigenvalue weighted by atomic mass is 10.2. The highest BCUT2D eigenvalue weighted by Gasteiger charge is 2.00. The van der Waals surface area contributed by atoms with Gasteiger partial charge in [-0.2, -0.15) is 0 Å². The van der Waals surface area contributed by atoms with Crippen LogP contribution in [0.3, 0.4) is 0 Å². The zero-order valence-electron chi connectivity index (χ0n) is 6.69. The van der Waals surface area contributed by atoms with Crippen molar-refractivity contribution in [3.63, 3.8) is 0 Å². The Morgan fingerprint density at radius 1 is 1.50 bits per heavy atom. The second-order valence-corrected chi connectivity index (χ2v) is 3.46. The maximum atomic E-state index is 3.15. The number of aryl methyl sites for hydroxylation is 1. The molecule has 10 heavy (non-hydrogen) atoms. The molecule has 0 radical (unpaired) electrons. The Labute approximate surface area is 66.1 Å². The van der Waals surface area contributed by atoms with E-state index in [9.17, 15) is 0 Å². The molecule has 0 aliphatic rings. The van der Waals surface area contributed by atoms with Crippen molar-refractivity contribution in [2.24, 2.45) is 0 Å². The van der Waals surface area contributed by atoms with E-state index in [1.165, 1.54) is 16.0 Å². The molecule has 1 aromatic rings. The first-order valence-electron chi connectivity index (χ1n) is 3.44. The quantitative estimate of drug-likeness (QED) is 0.689. The smallest absolute Gasteiger partial charge is 0.0299 e. The molecule has 0 saturated heterocycles. The summed E-state index contributed by atoms with van der Waals surface area (Å²) >= 11 is 1.84. The van der Waals surface area contributed by atoms with E-state index in [4.69, 9.17) is 0 Å². The van der Waals surface area contributed by atoms with Crippen LogP contribution in [0.2, 0.25) is 0 Å². The standard InChI is InChI=1S/C8H13NS/c1-6-5-10-8(4-9-3)7(6)2/h5,9H,4H2,1-3H3. The van der Waals surface area contributed by atoms with Crippen molar-refractivity contribution in [1.82, 2.24) is 5.32 Å². The predicted molar refractivity (Wildman–Crippen MR) is 46.6 cm³/mol. The van der Waals surface area contributed by atoms with Crippen LogP contribution in [0.15, 0.2) is 5.38 Å². The normalized spacial score (nSPS) is 10.3. The third-order valence-electron chi connectivity index (χ3n) is 1.73. The van der Waals surface area contributed by atoms with Crippen molar-refractivity contribution in [3.05, 3.63) is 21.4 Å². The fourth-order valence-electron chi connectivity index (χ4n) is 0.891. The van der Waals surface area contributed by atoms with E-state index < -0.39 is 0 Å². The first kappa shape index (κ1) is 7.76. The lowest BCUT2D eigenvalue weighted by Gasteiger charge is -1.96. The van der Waals surface area contributed by atoms with Gasteiger partial charge in [0.05, 0.1) is 0 Å². The van der Waals surface area contributed by atoms with Crippen LogP contribution < -0.4 is 5.32 Å². The van der Waals surface area contributed by atoms with E-state index in [1.54, 1.807) is 0 Å². The average molecular weight is 155 g/mol. The molecule has 1 N–H and O–H groups in total. The molecule has 1 heterocycles. The summed E-state index contributed by atoms with van der Waals surface area (Å²) in [5.74, 6) is 0. The van der Waals surface area contributed by atoms with Crippen LogP contribution >= 0.6 is 11.3 Å². The van der Waals surface area contributed by atoms with Gasteiger partial charge in [0, 0.05) is 11.4 Å². The Hall–Kier alpha value is -0.340. The molecule has 0 spiro atoms. The summed E-state index contributed by atoms with van der Waals surface area (Å²) < 4.78 is 0. The molecule has 0 aliphatic carbocycles. The Morgan fingerprint density at radius 2 is 2.20 bits per heavy atom. The molecule has 0 fully saturated rings. The number of hydrogen-bond donors (Lipinski definition) is 1. The molecule has 0 atom stereocenters. The molecule has 56 valence electrons. The third kappa shape index (κ3) is 1.39. The van der Waals surface area contributed by atoms with Gasteiger partial charge >= 0.3 is 0 Å². The van der Waals surface area contributed by atoms with Crippen LogP contribution in [0, 0.1) is 13.8 Å². The minimum Gasteiger partial charge on any atom is -0.315 e. The molecule has 0 unspecified atom stereocenters. The lowest BCUT2D eigenvalue weighted by molar-refractivity contribution is 0.826. The van der Waals surface area contributed by atoms with Gasteiger partial charge in [-0.05, 0) is 37.4 Å². The maximum absolute atomic E-state index is 3.15. The van der Waals surface area contributed by atoms with Gasteiger partial charge in [0.1, 0.15) is 0 Å². The lowest BCUT2D eigenvalue weighted by Crippen LogP contribution is -2.04. The van der Waals surface area contributed by atoms with Crippen molar-refractivity contribution >= 4 is 11.3 Å². The molecule has 1 nitrogen and oxygen atoms in total. The summed E-state index contributed by atoms with van der Waals surface area (Å²) in [4.78, 5) is 1.46. The van der Waals surface area contributed by atoms with Crippen LogP contribution in [0.25, 0.3) is 0 Å². The second kappa shape index (κ2) is 3.17. The summed E-state index contributed by atoms with van der Waals surface area (Å²) in [6.07, 6.45) is 0. The summed E-state index contributed by atoms with van der Waals surface area (Å²) in [7, 11) is 1.98. The van der Waals surface area contributed by atoms with Gasteiger partial charge in [0.2, 0.25) is 0 Å². The third-order valence-corrected chi connectivity index (χ3v) is 2.93. The summed E-state index contributed by atoms with van der Waals surface area (Å²) in [6.45, 7) is 5.34. The van der Waals surface area contributed by atoms with Crippen LogP contribution in [-0.4, -0.2) is 7.05 Å². The maximum Gasteiger partial charge on any atom is 0.0299 e. The van der Waals surface area contributed by atoms with Crippen molar-refractivity contribution < 1.29 is 0 Å². The fourth-order valence-corrected chi connectivity index (χ4v) is 1.95. The van der Waals surface area contributed by atoms with E-state index in [1.807, 2.05) is 18.4 Å². The minimum absolute atomic E-state index is 1.00. The summed E-state index contributed by atoms with van der Waals surface area (Å²) in [6, 6.07) is 0. The van der Waals surface area contributed by atoms with Gasteiger partial charge in [-0.25, -0.2) is 0 Å². The van der Waals surface area contributed by atoms with Crippen molar-refractivity contribution in [3.8, 4) is 0 Å². The predicted octanol–water partition coefficient (Wildman–Crippen LogP) is 2.08. The Bertz CT molecular complexity index is 215. The number of thiophene rings is 1.